The average Bonchev–Trinajstić information content (AvgIpc) is 3.48. The van der Waals surface area contributed by atoms with E-state index in [2.05, 4.69) is 0 Å². The van der Waals surface area contributed by atoms with Gasteiger partial charge in [0.25, 0.3) is 0 Å². The van der Waals surface area contributed by atoms with E-state index in [1.165, 1.54) is 38.2 Å². The van der Waals surface area contributed by atoms with E-state index < -0.39 is 23.7 Å². The van der Waals surface area contributed by atoms with Crippen molar-refractivity contribution in [3.8, 4) is 11.5 Å². The molecule has 2 aromatic carbocycles. The number of rotatable bonds is 17. The molecule has 1 aliphatic heterocycles. The number of carbonyl (C=O) groups excluding carboxylic acids is 2. The van der Waals surface area contributed by atoms with Gasteiger partial charge in [-0.2, -0.15) is 0 Å². The first-order valence-corrected chi connectivity index (χ1v) is 15.9. The molecule has 0 radical (unpaired) electrons. The number of methoxy groups -OCH3 is 4. The second kappa shape index (κ2) is 16.6. The van der Waals surface area contributed by atoms with Crippen molar-refractivity contribution >= 4 is 29.1 Å². The molecule has 1 atom stereocenters. The van der Waals surface area contributed by atoms with Crippen molar-refractivity contribution in [2.75, 3.05) is 86.8 Å². The van der Waals surface area contributed by atoms with Crippen molar-refractivity contribution < 1.29 is 43.1 Å². The molecule has 2 aliphatic rings. The highest BCUT2D eigenvalue weighted by molar-refractivity contribution is 6.30. The zero-order chi connectivity index (χ0) is 33.3. The molecule has 0 spiro atoms. The molecule has 46 heavy (non-hydrogen) atoms. The SMILES string of the molecule is COCCN(CCOC)C(=O)C1(C(=O)N(CCOC)CCOC)Oc2c(N)c3c(c(CC(O)c4cccc(Cl)c4)c2O1)CCCC3. The Morgan fingerprint density at radius 3 is 1.87 bits per heavy atom. The molecule has 2 amide bonds. The van der Waals surface area contributed by atoms with Crippen LogP contribution >= 0.6 is 11.6 Å². The van der Waals surface area contributed by atoms with E-state index in [9.17, 15) is 14.7 Å². The van der Waals surface area contributed by atoms with Crippen molar-refractivity contribution in [1.82, 2.24) is 9.80 Å². The van der Waals surface area contributed by atoms with Crippen LogP contribution in [0.5, 0.6) is 11.5 Å². The minimum absolute atomic E-state index is 0.118. The van der Waals surface area contributed by atoms with Crippen LogP contribution in [0.4, 0.5) is 5.69 Å². The lowest BCUT2D eigenvalue weighted by molar-refractivity contribution is -0.187. The zero-order valence-corrected chi connectivity index (χ0v) is 27.9. The molecule has 2 aromatic rings. The molecule has 3 N–H and O–H groups in total. The maximum absolute atomic E-state index is 14.6. The summed E-state index contributed by atoms with van der Waals surface area (Å²) in [6, 6.07) is 7.01. The number of nitrogen functional groups attached to an aromatic ring is 1. The lowest BCUT2D eigenvalue weighted by Crippen LogP contribution is -2.65. The molecule has 0 saturated carbocycles. The summed E-state index contributed by atoms with van der Waals surface area (Å²) in [5, 5.41) is 11.9. The molecule has 4 rings (SSSR count). The van der Waals surface area contributed by atoms with E-state index in [0.29, 0.717) is 34.7 Å². The third kappa shape index (κ3) is 7.70. The summed E-state index contributed by atoms with van der Waals surface area (Å²) in [6.07, 6.45) is 2.39. The number of anilines is 1. The van der Waals surface area contributed by atoms with Crippen LogP contribution in [0, 0.1) is 0 Å². The number of aliphatic hydroxyl groups is 1. The summed E-state index contributed by atoms with van der Waals surface area (Å²) in [5.74, 6) is -3.59. The van der Waals surface area contributed by atoms with Crippen LogP contribution in [-0.4, -0.2) is 114 Å². The van der Waals surface area contributed by atoms with Crippen LogP contribution < -0.4 is 15.2 Å². The van der Waals surface area contributed by atoms with Crippen molar-refractivity contribution in [2.24, 2.45) is 0 Å². The maximum Gasteiger partial charge on any atom is 0.415 e. The molecular formula is C33H46ClN3O9. The van der Waals surface area contributed by atoms with E-state index in [4.69, 9.17) is 45.8 Å². The molecule has 0 aromatic heterocycles. The Morgan fingerprint density at radius 2 is 1.37 bits per heavy atom. The van der Waals surface area contributed by atoms with Crippen molar-refractivity contribution in [2.45, 2.75) is 44.0 Å². The van der Waals surface area contributed by atoms with Gasteiger partial charge < -0.3 is 49.1 Å². The summed E-state index contributed by atoms with van der Waals surface area (Å²) in [6.45, 7) is 1.43. The Morgan fingerprint density at radius 1 is 0.870 bits per heavy atom. The molecule has 0 fully saturated rings. The fourth-order valence-corrected chi connectivity index (χ4v) is 6.14. The highest BCUT2D eigenvalue weighted by Gasteiger charge is 2.61. The Hall–Kier alpha value is -3.13. The number of nitrogens with zero attached hydrogens (tertiary/aromatic N) is 2. The molecule has 0 bridgehead atoms. The lowest BCUT2D eigenvalue weighted by Gasteiger charge is -2.35. The minimum Gasteiger partial charge on any atom is -0.433 e. The second-order valence-corrected chi connectivity index (χ2v) is 11.8. The number of nitrogens with two attached hydrogens (primary N) is 1. The molecular weight excluding hydrogens is 618 g/mol. The van der Waals surface area contributed by atoms with Gasteiger partial charge in [-0.15, -0.1) is 0 Å². The van der Waals surface area contributed by atoms with E-state index in [1.807, 2.05) is 0 Å². The molecule has 1 heterocycles. The predicted octanol–water partition coefficient (Wildman–Crippen LogP) is 2.79. The third-order valence-corrected chi connectivity index (χ3v) is 8.64. The van der Waals surface area contributed by atoms with Gasteiger partial charge in [-0.3, -0.25) is 9.59 Å². The summed E-state index contributed by atoms with van der Waals surface area (Å²) in [7, 11) is 6.10. The quantitative estimate of drug-likeness (QED) is 0.192. The normalized spacial score (nSPS) is 15.3. The number of halogens is 1. The number of ether oxygens (including phenoxy) is 6. The first kappa shape index (κ1) is 35.7. The molecule has 254 valence electrons. The number of hydrogen-bond acceptors (Lipinski definition) is 10. The monoisotopic (exact) mass is 663 g/mol. The molecule has 13 heteroatoms. The first-order chi connectivity index (χ1) is 22.2. The smallest absolute Gasteiger partial charge is 0.415 e. The summed E-state index contributed by atoms with van der Waals surface area (Å²) in [5.41, 5.74) is 10.2. The Bertz CT molecular complexity index is 1310. The highest BCUT2D eigenvalue weighted by atomic mass is 35.5. The van der Waals surface area contributed by atoms with E-state index in [-0.39, 0.29) is 70.5 Å². The van der Waals surface area contributed by atoms with Crippen LogP contribution in [0.2, 0.25) is 5.02 Å². The van der Waals surface area contributed by atoms with Gasteiger partial charge in [0.2, 0.25) is 0 Å². The number of aliphatic hydroxyl groups excluding tert-OH is 1. The van der Waals surface area contributed by atoms with E-state index in [0.717, 1.165) is 24.0 Å². The van der Waals surface area contributed by atoms with Gasteiger partial charge in [-0.05, 0) is 54.5 Å². The Labute approximate surface area is 275 Å². The van der Waals surface area contributed by atoms with E-state index in [1.54, 1.807) is 24.3 Å². The van der Waals surface area contributed by atoms with E-state index >= 15 is 0 Å². The second-order valence-electron chi connectivity index (χ2n) is 11.4. The van der Waals surface area contributed by atoms with Crippen LogP contribution in [0.1, 0.15) is 41.2 Å². The summed E-state index contributed by atoms with van der Waals surface area (Å²) in [4.78, 5) is 32.1. The zero-order valence-electron chi connectivity index (χ0n) is 27.1. The molecule has 1 unspecified atom stereocenters. The van der Waals surface area contributed by atoms with Gasteiger partial charge in [0, 0.05) is 71.6 Å². The number of hydrogen-bond donors (Lipinski definition) is 2. The Kier molecular flexibility index (Phi) is 12.9. The standard InChI is InChI=1S/C33H46ClN3O9/c1-41-16-12-36(13-17-42-2)31(39)33(32(40)37(14-18-43-3)15-19-44-4)45-29-26(21-27(38)22-8-7-9-23(34)20-22)24-10-5-6-11-25(24)28(35)30(29)46-33/h7-9,20,27,38H,5-6,10-19,21,35H2,1-4H3. The first-order valence-electron chi connectivity index (χ1n) is 15.5. The minimum atomic E-state index is -2.45. The van der Waals surface area contributed by atoms with Gasteiger partial charge in [0.15, 0.2) is 11.5 Å². The molecule has 1 aliphatic carbocycles. The van der Waals surface area contributed by atoms with Crippen LogP contribution in [0.25, 0.3) is 0 Å². The fraction of sp³-hybridized carbons (Fsp3) is 0.576. The van der Waals surface area contributed by atoms with Gasteiger partial charge in [-0.25, -0.2) is 0 Å². The summed E-state index contributed by atoms with van der Waals surface area (Å²) < 4.78 is 34.1. The number of carbonyl (C=O) groups is 2. The largest absolute Gasteiger partial charge is 0.433 e. The highest BCUT2D eigenvalue weighted by Crippen LogP contribution is 2.52. The maximum atomic E-state index is 14.6. The van der Waals surface area contributed by atoms with Crippen LogP contribution in [0.3, 0.4) is 0 Å². The molecule has 12 nitrogen and oxygen atoms in total. The van der Waals surface area contributed by atoms with Gasteiger partial charge >= 0.3 is 17.6 Å². The number of benzene rings is 2. The number of fused-ring (bicyclic) bond motifs is 2. The van der Waals surface area contributed by atoms with Crippen LogP contribution in [-0.2, 0) is 47.8 Å². The van der Waals surface area contributed by atoms with Gasteiger partial charge in [0.05, 0.1) is 38.2 Å². The van der Waals surface area contributed by atoms with Crippen LogP contribution in [0.15, 0.2) is 24.3 Å². The van der Waals surface area contributed by atoms with Crippen molar-refractivity contribution in [3.05, 3.63) is 51.5 Å². The summed E-state index contributed by atoms with van der Waals surface area (Å²) >= 11 is 6.24. The van der Waals surface area contributed by atoms with Crippen molar-refractivity contribution in [1.29, 1.82) is 0 Å². The Balaban J connectivity index is 1.86. The fourth-order valence-electron chi connectivity index (χ4n) is 5.95. The number of amides is 2. The molecule has 0 saturated heterocycles. The van der Waals surface area contributed by atoms with Crippen molar-refractivity contribution in [3.63, 3.8) is 0 Å². The van der Waals surface area contributed by atoms with Gasteiger partial charge in [0.1, 0.15) is 0 Å². The lowest BCUT2D eigenvalue weighted by atomic mass is 9.84. The average molecular weight is 664 g/mol. The van der Waals surface area contributed by atoms with Gasteiger partial charge in [-0.1, -0.05) is 23.7 Å². The third-order valence-electron chi connectivity index (χ3n) is 8.40. The predicted molar refractivity (Wildman–Crippen MR) is 172 cm³/mol. The topological polar surface area (TPSA) is 142 Å².